The van der Waals surface area contributed by atoms with Gasteiger partial charge in [0.2, 0.25) is 5.76 Å². The van der Waals surface area contributed by atoms with E-state index < -0.39 is 6.04 Å². The highest BCUT2D eigenvalue weighted by Gasteiger charge is 2.44. The standard InChI is InChI=1S/C28H31NO5/c1-17(2)11-13-33-20-7-4-6-19(15-20)25-24-26(30)22-14-18(3)9-10-23(22)34-27(24)28(31)29(25)16-21-8-5-12-32-21/h4,6-7,9-10,14-15,17,21,25H,5,8,11-13,16H2,1-3H3. The molecule has 3 aromatic rings. The highest BCUT2D eigenvalue weighted by molar-refractivity contribution is 5.99. The van der Waals surface area contributed by atoms with Gasteiger partial charge in [-0.2, -0.15) is 0 Å². The lowest BCUT2D eigenvalue weighted by Gasteiger charge is -2.27. The maximum Gasteiger partial charge on any atom is 0.291 e. The smallest absolute Gasteiger partial charge is 0.291 e. The first kappa shape index (κ1) is 22.7. The van der Waals surface area contributed by atoms with Gasteiger partial charge in [0.15, 0.2) is 5.43 Å². The lowest BCUT2D eigenvalue weighted by Crippen LogP contribution is -2.36. The van der Waals surface area contributed by atoms with E-state index in [4.69, 9.17) is 13.9 Å². The van der Waals surface area contributed by atoms with Gasteiger partial charge >= 0.3 is 0 Å². The quantitative estimate of drug-likeness (QED) is 0.481. The van der Waals surface area contributed by atoms with Gasteiger partial charge in [-0.1, -0.05) is 37.6 Å². The molecule has 34 heavy (non-hydrogen) atoms. The summed E-state index contributed by atoms with van der Waals surface area (Å²) in [5.74, 6) is 1.15. The van der Waals surface area contributed by atoms with Crippen molar-refractivity contribution < 1.29 is 18.7 Å². The largest absolute Gasteiger partial charge is 0.494 e. The third-order valence-corrected chi connectivity index (χ3v) is 6.68. The summed E-state index contributed by atoms with van der Waals surface area (Å²) in [6.45, 7) is 8.00. The number of amides is 1. The number of hydrogen-bond acceptors (Lipinski definition) is 5. The molecule has 0 aliphatic carbocycles. The molecule has 3 heterocycles. The minimum atomic E-state index is -0.540. The Kier molecular flexibility index (Phi) is 6.17. The van der Waals surface area contributed by atoms with E-state index in [1.54, 1.807) is 11.0 Å². The minimum Gasteiger partial charge on any atom is -0.494 e. The SMILES string of the molecule is Cc1ccc2oc3c(c(=O)c2c1)C(c1cccc(OCCC(C)C)c1)N(CC1CCCO1)C3=O. The van der Waals surface area contributed by atoms with Crippen molar-refractivity contribution in [2.24, 2.45) is 5.92 Å². The predicted octanol–water partition coefficient (Wildman–Crippen LogP) is 5.25. The van der Waals surface area contributed by atoms with Crippen molar-refractivity contribution in [3.05, 3.63) is 75.1 Å². The zero-order valence-corrected chi connectivity index (χ0v) is 20.0. The molecule has 0 saturated carbocycles. The Labute approximate surface area is 199 Å². The molecule has 0 bridgehead atoms. The van der Waals surface area contributed by atoms with Gasteiger partial charge in [0, 0.05) is 13.2 Å². The summed E-state index contributed by atoms with van der Waals surface area (Å²) >= 11 is 0. The van der Waals surface area contributed by atoms with Crippen LogP contribution in [-0.4, -0.2) is 36.7 Å². The number of carbonyl (C=O) groups excluding carboxylic acids is 1. The summed E-state index contributed by atoms with van der Waals surface area (Å²) in [7, 11) is 0. The Bertz CT molecular complexity index is 1270. The highest BCUT2D eigenvalue weighted by Crippen LogP contribution is 2.39. The van der Waals surface area contributed by atoms with Crippen molar-refractivity contribution in [1.29, 1.82) is 0 Å². The molecule has 2 aliphatic rings. The van der Waals surface area contributed by atoms with Crippen molar-refractivity contribution >= 4 is 16.9 Å². The van der Waals surface area contributed by atoms with Crippen LogP contribution in [0.1, 0.15) is 66.4 Å². The van der Waals surface area contributed by atoms with Crippen LogP contribution in [0.2, 0.25) is 0 Å². The molecule has 5 rings (SSSR count). The van der Waals surface area contributed by atoms with Gasteiger partial charge < -0.3 is 18.8 Å². The first-order chi connectivity index (χ1) is 16.4. The summed E-state index contributed by atoms with van der Waals surface area (Å²) in [6.07, 6.45) is 2.78. The van der Waals surface area contributed by atoms with Crippen LogP contribution in [0.15, 0.2) is 51.7 Å². The fraction of sp³-hybridized carbons (Fsp3) is 0.429. The predicted molar refractivity (Wildman–Crippen MR) is 130 cm³/mol. The summed E-state index contributed by atoms with van der Waals surface area (Å²) in [5, 5.41) is 0.500. The van der Waals surface area contributed by atoms with Gasteiger partial charge in [-0.25, -0.2) is 0 Å². The molecule has 1 saturated heterocycles. The first-order valence-electron chi connectivity index (χ1n) is 12.1. The number of ether oxygens (including phenoxy) is 2. The molecule has 1 fully saturated rings. The van der Waals surface area contributed by atoms with Gasteiger partial charge in [-0.3, -0.25) is 9.59 Å². The normalized spacial score (nSPS) is 19.9. The molecule has 2 aromatic carbocycles. The molecule has 1 amide bonds. The van der Waals surface area contributed by atoms with Crippen molar-refractivity contribution in [3.63, 3.8) is 0 Å². The van der Waals surface area contributed by atoms with Crippen molar-refractivity contribution in [2.45, 2.75) is 52.2 Å². The van der Waals surface area contributed by atoms with Crippen LogP contribution >= 0.6 is 0 Å². The molecule has 178 valence electrons. The monoisotopic (exact) mass is 461 g/mol. The van der Waals surface area contributed by atoms with Crippen molar-refractivity contribution in [2.75, 3.05) is 19.8 Å². The Balaban J connectivity index is 1.60. The highest BCUT2D eigenvalue weighted by atomic mass is 16.5. The Morgan fingerprint density at radius 2 is 2.00 bits per heavy atom. The zero-order chi connectivity index (χ0) is 23.8. The van der Waals surface area contributed by atoms with E-state index in [-0.39, 0.29) is 23.2 Å². The second-order valence-corrected chi connectivity index (χ2v) is 9.77. The number of nitrogens with zero attached hydrogens (tertiary/aromatic N) is 1. The molecule has 0 N–H and O–H groups in total. The zero-order valence-electron chi connectivity index (χ0n) is 20.0. The number of aryl methyl sites for hydroxylation is 1. The maximum absolute atomic E-state index is 13.7. The van der Waals surface area contributed by atoms with Crippen LogP contribution in [0.3, 0.4) is 0 Å². The van der Waals surface area contributed by atoms with Crippen LogP contribution in [0.4, 0.5) is 0 Å². The van der Waals surface area contributed by atoms with Crippen LogP contribution in [0.5, 0.6) is 5.75 Å². The average molecular weight is 462 g/mol. The third kappa shape index (κ3) is 4.23. The van der Waals surface area contributed by atoms with Crippen LogP contribution < -0.4 is 10.2 Å². The molecule has 2 unspecified atom stereocenters. The topological polar surface area (TPSA) is 69.0 Å². The maximum atomic E-state index is 13.7. The average Bonchev–Trinajstić information content (AvgIpc) is 3.42. The minimum absolute atomic E-state index is 0.0435. The fourth-order valence-corrected chi connectivity index (χ4v) is 4.86. The number of fused-ring (bicyclic) bond motifs is 2. The van der Waals surface area contributed by atoms with Gasteiger partial charge in [0.05, 0.1) is 29.7 Å². The summed E-state index contributed by atoms with van der Waals surface area (Å²) in [5.41, 5.74) is 2.50. The van der Waals surface area contributed by atoms with E-state index in [2.05, 4.69) is 13.8 Å². The Morgan fingerprint density at radius 3 is 2.76 bits per heavy atom. The van der Waals surface area contributed by atoms with Crippen LogP contribution in [0.25, 0.3) is 11.0 Å². The van der Waals surface area contributed by atoms with Crippen molar-refractivity contribution in [1.82, 2.24) is 4.90 Å². The fourth-order valence-electron chi connectivity index (χ4n) is 4.86. The van der Waals surface area contributed by atoms with Gasteiger partial charge in [0.1, 0.15) is 11.3 Å². The Morgan fingerprint density at radius 1 is 1.15 bits per heavy atom. The summed E-state index contributed by atoms with van der Waals surface area (Å²) < 4.78 is 17.9. The van der Waals surface area contributed by atoms with E-state index in [1.165, 1.54) is 0 Å². The molecule has 0 spiro atoms. The Hall–Kier alpha value is -3.12. The molecule has 2 aliphatic heterocycles. The molecule has 2 atom stereocenters. The lowest BCUT2D eigenvalue weighted by molar-refractivity contribution is 0.0486. The second-order valence-electron chi connectivity index (χ2n) is 9.77. The molecule has 1 aromatic heterocycles. The molecule has 6 nitrogen and oxygen atoms in total. The van der Waals surface area contributed by atoms with E-state index in [0.717, 1.165) is 36.1 Å². The van der Waals surface area contributed by atoms with E-state index in [0.29, 0.717) is 42.2 Å². The van der Waals surface area contributed by atoms with Gasteiger partial charge in [-0.05, 0) is 61.9 Å². The van der Waals surface area contributed by atoms with Crippen LogP contribution in [-0.2, 0) is 4.74 Å². The molecule has 6 heteroatoms. The molecular formula is C28H31NO5. The van der Waals surface area contributed by atoms with E-state index in [9.17, 15) is 9.59 Å². The summed E-state index contributed by atoms with van der Waals surface area (Å²) in [4.78, 5) is 29.0. The number of hydrogen-bond donors (Lipinski definition) is 0. The first-order valence-corrected chi connectivity index (χ1v) is 12.1. The molecule has 0 radical (unpaired) electrons. The van der Waals surface area contributed by atoms with Crippen LogP contribution in [0, 0.1) is 12.8 Å². The second kappa shape index (κ2) is 9.26. The van der Waals surface area contributed by atoms with E-state index in [1.807, 2.05) is 43.3 Å². The van der Waals surface area contributed by atoms with Crippen molar-refractivity contribution in [3.8, 4) is 5.75 Å². The summed E-state index contributed by atoms with van der Waals surface area (Å²) in [6, 6.07) is 12.7. The third-order valence-electron chi connectivity index (χ3n) is 6.68. The van der Waals surface area contributed by atoms with Gasteiger partial charge in [0.25, 0.3) is 5.91 Å². The van der Waals surface area contributed by atoms with E-state index >= 15 is 0 Å². The lowest BCUT2D eigenvalue weighted by atomic mass is 9.97. The van der Waals surface area contributed by atoms with Gasteiger partial charge in [-0.15, -0.1) is 0 Å². The molecular weight excluding hydrogens is 430 g/mol. The number of benzene rings is 2. The number of rotatable bonds is 7. The number of carbonyl (C=O) groups is 1.